The van der Waals surface area contributed by atoms with E-state index in [0.29, 0.717) is 12.4 Å². The minimum atomic E-state index is 0.343. The average Bonchev–Trinajstić information content (AvgIpc) is 2.53. The summed E-state index contributed by atoms with van der Waals surface area (Å²) in [5.74, 6) is 6.49. The van der Waals surface area contributed by atoms with Crippen LogP contribution in [0.5, 0.6) is 5.75 Å². The van der Waals surface area contributed by atoms with Crippen LogP contribution in [0, 0.1) is 0 Å². The van der Waals surface area contributed by atoms with Crippen molar-refractivity contribution in [2.24, 2.45) is 5.84 Å². The first kappa shape index (κ1) is 12.3. The maximum atomic E-state index is 5.68. The fourth-order valence-electron chi connectivity index (χ4n) is 1.80. The zero-order valence-corrected chi connectivity index (χ0v) is 10.7. The number of hydrazine groups is 1. The number of hydrogen-bond donors (Lipinski definition) is 2. The number of nitrogens with zero attached hydrogens (tertiary/aromatic N) is 3. The molecule has 1 aromatic carbocycles. The summed E-state index contributed by atoms with van der Waals surface area (Å²) in [6.45, 7) is 0.343. The highest BCUT2D eigenvalue weighted by atomic mass is 16.5. The molecule has 3 rings (SSSR count). The number of benzene rings is 1. The monoisotopic (exact) mass is 267 g/mol. The number of ether oxygens (including phenoxy) is 1. The predicted molar refractivity (Wildman–Crippen MR) is 75.9 cm³/mol. The molecule has 6 heteroatoms. The second-order valence-corrected chi connectivity index (χ2v) is 4.18. The summed E-state index contributed by atoms with van der Waals surface area (Å²) in [6, 6.07) is 9.71. The Bertz CT molecular complexity index is 714. The van der Waals surface area contributed by atoms with E-state index in [1.54, 1.807) is 18.6 Å². The lowest BCUT2D eigenvalue weighted by Crippen LogP contribution is -2.09. The summed E-state index contributed by atoms with van der Waals surface area (Å²) >= 11 is 0. The van der Waals surface area contributed by atoms with E-state index < -0.39 is 0 Å². The molecule has 6 nitrogen and oxygen atoms in total. The maximum absolute atomic E-state index is 5.68. The number of nitrogens with two attached hydrogens (primary N) is 1. The number of hydrogen-bond acceptors (Lipinski definition) is 6. The lowest BCUT2D eigenvalue weighted by Gasteiger charge is -2.07. The number of anilines is 1. The number of aromatic nitrogens is 3. The van der Waals surface area contributed by atoms with Crippen LogP contribution in [0.3, 0.4) is 0 Å². The molecule has 0 aliphatic heterocycles. The number of fused-ring (bicyclic) bond motifs is 1. The van der Waals surface area contributed by atoms with Crippen LogP contribution < -0.4 is 16.0 Å². The topological polar surface area (TPSA) is 86.0 Å². The lowest BCUT2D eigenvalue weighted by atomic mass is 10.2. The Morgan fingerprint density at radius 2 is 2.05 bits per heavy atom. The normalized spacial score (nSPS) is 10.4. The van der Waals surface area contributed by atoms with Crippen LogP contribution in [0.15, 0.2) is 48.9 Å². The molecule has 0 radical (unpaired) electrons. The highest BCUT2D eigenvalue weighted by Crippen LogP contribution is 2.19. The van der Waals surface area contributed by atoms with Crippen molar-refractivity contribution < 1.29 is 4.74 Å². The molecule has 100 valence electrons. The van der Waals surface area contributed by atoms with E-state index in [0.717, 1.165) is 22.3 Å². The van der Waals surface area contributed by atoms with Gasteiger partial charge in [-0.05, 0) is 18.2 Å². The number of pyridine rings is 1. The Hall–Kier alpha value is -2.73. The smallest absolute Gasteiger partial charge is 0.158 e. The van der Waals surface area contributed by atoms with Crippen LogP contribution in [-0.2, 0) is 6.61 Å². The van der Waals surface area contributed by atoms with Gasteiger partial charge in [0.15, 0.2) is 5.82 Å². The molecule has 20 heavy (non-hydrogen) atoms. The third-order valence-corrected chi connectivity index (χ3v) is 2.82. The lowest BCUT2D eigenvalue weighted by molar-refractivity contribution is 0.301. The molecule has 0 fully saturated rings. The predicted octanol–water partition coefficient (Wildman–Crippen LogP) is 1.89. The van der Waals surface area contributed by atoms with Crippen LogP contribution in [0.4, 0.5) is 5.82 Å². The van der Waals surface area contributed by atoms with E-state index in [-0.39, 0.29) is 0 Å². The highest BCUT2D eigenvalue weighted by molar-refractivity contribution is 5.79. The quantitative estimate of drug-likeness (QED) is 0.554. The average molecular weight is 267 g/mol. The molecule has 0 aliphatic carbocycles. The van der Waals surface area contributed by atoms with E-state index in [1.165, 1.54) is 0 Å². The van der Waals surface area contributed by atoms with E-state index in [2.05, 4.69) is 20.4 Å². The number of nitrogens with one attached hydrogen (secondary N) is 1. The van der Waals surface area contributed by atoms with Crippen LogP contribution in [-0.4, -0.2) is 15.0 Å². The van der Waals surface area contributed by atoms with E-state index >= 15 is 0 Å². The SMILES string of the molecule is NNc1cnc(COc2ccc3cccnc3c2)cn1. The molecule has 0 amide bonds. The first-order valence-electron chi connectivity index (χ1n) is 6.10. The van der Waals surface area contributed by atoms with Crippen molar-refractivity contribution >= 4 is 16.7 Å². The number of rotatable bonds is 4. The first-order chi connectivity index (χ1) is 9.85. The van der Waals surface area contributed by atoms with Gasteiger partial charge in [0.2, 0.25) is 0 Å². The van der Waals surface area contributed by atoms with Gasteiger partial charge in [0.05, 0.1) is 23.6 Å². The van der Waals surface area contributed by atoms with Gasteiger partial charge in [-0.3, -0.25) is 9.97 Å². The van der Waals surface area contributed by atoms with Crippen LogP contribution >= 0.6 is 0 Å². The van der Waals surface area contributed by atoms with Gasteiger partial charge >= 0.3 is 0 Å². The minimum Gasteiger partial charge on any atom is -0.487 e. The molecular formula is C14H13N5O. The molecule has 2 aromatic heterocycles. The minimum absolute atomic E-state index is 0.343. The van der Waals surface area contributed by atoms with Crippen LogP contribution in [0.25, 0.3) is 10.9 Å². The Kier molecular flexibility index (Phi) is 3.38. The summed E-state index contributed by atoms with van der Waals surface area (Å²) in [5.41, 5.74) is 4.05. The second kappa shape index (κ2) is 5.50. The largest absolute Gasteiger partial charge is 0.487 e. The molecular weight excluding hydrogens is 254 g/mol. The van der Waals surface area contributed by atoms with Gasteiger partial charge in [-0.25, -0.2) is 10.8 Å². The van der Waals surface area contributed by atoms with Crippen molar-refractivity contribution in [3.8, 4) is 5.75 Å². The fraction of sp³-hybridized carbons (Fsp3) is 0.0714. The van der Waals surface area contributed by atoms with Crippen LogP contribution in [0.1, 0.15) is 5.69 Å². The molecule has 0 aliphatic rings. The third kappa shape index (κ3) is 2.65. The van der Waals surface area contributed by atoms with Gasteiger partial charge in [-0.2, -0.15) is 0 Å². The summed E-state index contributed by atoms with van der Waals surface area (Å²) in [7, 11) is 0. The molecule has 0 spiro atoms. The molecule has 3 aromatic rings. The molecule has 3 N–H and O–H groups in total. The summed E-state index contributed by atoms with van der Waals surface area (Å²) in [6.07, 6.45) is 4.94. The zero-order chi connectivity index (χ0) is 13.8. The second-order valence-electron chi connectivity index (χ2n) is 4.18. The summed E-state index contributed by atoms with van der Waals surface area (Å²) < 4.78 is 5.68. The standard InChI is InChI=1S/C14H13N5O/c15-19-14-8-17-11(7-18-14)9-20-12-4-3-10-2-1-5-16-13(10)6-12/h1-8H,9,15H2,(H,18,19). The Balaban J connectivity index is 1.72. The van der Waals surface area contributed by atoms with Gasteiger partial charge in [-0.1, -0.05) is 6.07 Å². The van der Waals surface area contributed by atoms with Gasteiger partial charge in [0.25, 0.3) is 0 Å². The fourth-order valence-corrected chi connectivity index (χ4v) is 1.80. The first-order valence-corrected chi connectivity index (χ1v) is 6.10. The van der Waals surface area contributed by atoms with Gasteiger partial charge < -0.3 is 10.2 Å². The highest BCUT2D eigenvalue weighted by Gasteiger charge is 2.01. The van der Waals surface area contributed by atoms with E-state index in [9.17, 15) is 0 Å². The number of nitrogen functional groups attached to an aromatic ring is 1. The van der Waals surface area contributed by atoms with Crippen molar-refractivity contribution in [3.05, 3.63) is 54.6 Å². The van der Waals surface area contributed by atoms with Crippen molar-refractivity contribution in [3.63, 3.8) is 0 Å². The summed E-state index contributed by atoms with van der Waals surface area (Å²) in [4.78, 5) is 12.5. The van der Waals surface area contributed by atoms with Crippen molar-refractivity contribution in [2.45, 2.75) is 6.61 Å². The van der Waals surface area contributed by atoms with Crippen molar-refractivity contribution in [2.75, 3.05) is 5.43 Å². The maximum Gasteiger partial charge on any atom is 0.158 e. The van der Waals surface area contributed by atoms with Gasteiger partial charge in [-0.15, -0.1) is 0 Å². The Morgan fingerprint density at radius 1 is 1.10 bits per heavy atom. The molecule has 2 heterocycles. The molecule has 0 unspecified atom stereocenters. The van der Waals surface area contributed by atoms with Gasteiger partial charge in [0.1, 0.15) is 12.4 Å². The third-order valence-electron chi connectivity index (χ3n) is 2.82. The van der Waals surface area contributed by atoms with E-state index in [4.69, 9.17) is 10.6 Å². The molecule has 0 saturated carbocycles. The molecule has 0 atom stereocenters. The van der Waals surface area contributed by atoms with Crippen molar-refractivity contribution in [1.82, 2.24) is 15.0 Å². The zero-order valence-electron chi connectivity index (χ0n) is 10.7. The van der Waals surface area contributed by atoms with Crippen molar-refractivity contribution in [1.29, 1.82) is 0 Å². The Labute approximate surface area is 115 Å². The van der Waals surface area contributed by atoms with Crippen LogP contribution in [0.2, 0.25) is 0 Å². The summed E-state index contributed by atoms with van der Waals surface area (Å²) in [5, 5.41) is 1.08. The molecule has 0 bridgehead atoms. The van der Waals surface area contributed by atoms with E-state index in [1.807, 2.05) is 30.3 Å². The molecule has 0 saturated heterocycles. The Morgan fingerprint density at radius 3 is 2.85 bits per heavy atom. The van der Waals surface area contributed by atoms with Gasteiger partial charge in [0, 0.05) is 17.6 Å².